The summed E-state index contributed by atoms with van der Waals surface area (Å²) in [6, 6.07) is 0. The second kappa shape index (κ2) is 5.64. The summed E-state index contributed by atoms with van der Waals surface area (Å²) < 4.78 is 32.3. The van der Waals surface area contributed by atoms with E-state index in [9.17, 15) is 8.42 Å². The Hall–Kier alpha value is -0.500. The Bertz CT molecular complexity index is 498. The SMILES string of the molecule is Cc1ncc(CNS(=O)(=O)[C@@H]2CCO[C@@H](C)C2)s1. The number of thiazole rings is 1. The minimum Gasteiger partial charge on any atom is -0.378 e. The van der Waals surface area contributed by atoms with Crippen LogP contribution in [-0.2, 0) is 21.3 Å². The number of nitrogens with zero attached hydrogens (tertiary/aromatic N) is 1. The predicted octanol–water partition coefficient (Wildman–Crippen LogP) is 1.44. The maximum absolute atomic E-state index is 12.1. The molecular formula is C11H18N2O3S2. The van der Waals surface area contributed by atoms with Crippen LogP contribution in [0.25, 0.3) is 0 Å². The van der Waals surface area contributed by atoms with Crippen LogP contribution in [0.15, 0.2) is 6.20 Å². The first-order chi connectivity index (χ1) is 8.47. The molecule has 1 aliphatic heterocycles. The van der Waals surface area contributed by atoms with Gasteiger partial charge in [0.1, 0.15) is 0 Å². The number of aryl methyl sites for hydroxylation is 1. The molecule has 0 aromatic carbocycles. The van der Waals surface area contributed by atoms with Crippen molar-refractivity contribution in [1.29, 1.82) is 0 Å². The lowest BCUT2D eigenvalue weighted by atomic mass is 10.1. The van der Waals surface area contributed by atoms with Crippen molar-refractivity contribution in [1.82, 2.24) is 9.71 Å². The van der Waals surface area contributed by atoms with Gasteiger partial charge < -0.3 is 4.74 Å². The van der Waals surface area contributed by atoms with Crippen molar-refractivity contribution in [3.8, 4) is 0 Å². The zero-order chi connectivity index (χ0) is 13.2. The molecule has 1 aliphatic rings. The lowest BCUT2D eigenvalue weighted by Crippen LogP contribution is -2.39. The summed E-state index contributed by atoms with van der Waals surface area (Å²) in [5.41, 5.74) is 0. The highest BCUT2D eigenvalue weighted by Gasteiger charge is 2.30. The van der Waals surface area contributed by atoms with Crippen LogP contribution in [0.2, 0.25) is 0 Å². The third kappa shape index (κ3) is 3.50. The molecule has 7 heteroatoms. The zero-order valence-electron chi connectivity index (χ0n) is 10.5. The fourth-order valence-electron chi connectivity index (χ4n) is 2.02. The van der Waals surface area contributed by atoms with Crippen molar-refractivity contribution in [2.75, 3.05) is 6.61 Å². The first kappa shape index (κ1) is 13.9. The van der Waals surface area contributed by atoms with E-state index in [0.29, 0.717) is 26.0 Å². The Labute approximate surface area is 112 Å². The summed E-state index contributed by atoms with van der Waals surface area (Å²) in [5.74, 6) is 0. The van der Waals surface area contributed by atoms with Crippen LogP contribution < -0.4 is 4.72 Å². The predicted molar refractivity (Wildman–Crippen MR) is 71.0 cm³/mol. The normalized spacial score (nSPS) is 25.2. The quantitative estimate of drug-likeness (QED) is 0.911. The van der Waals surface area contributed by atoms with Gasteiger partial charge in [0.25, 0.3) is 0 Å². The van der Waals surface area contributed by atoms with Gasteiger partial charge in [0.15, 0.2) is 0 Å². The highest BCUT2D eigenvalue weighted by Crippen LogP contribution is 2.20. The van der Waals surface area contributed by atoms with Gasteiger partial charge in [0.2, 0.25) is 10.0 Å². The van der Waals surface area contributed by atoms with Crippen molar-refractivity contribution in [3.63, 3.8) is 0 Å². The fraction of sp³-hybridized carbons (Fsp3) is 0.727. The molecule has 18 heavy (non-hydrogen) atoms. The van der Waals surface area contributed by atoms with E-state index in [0.717, 1.165) is 9.88 Å². The molecule has 1 aromatic rings. The van der Waals surface area contributed by atoms with Crippen LogP contribution in [0.4, 0.5) is 0 Å². The highest BCUT2D eigenvalue weighted by molar-refractivity contribution is 7.90. The molecule has 0 aliphatic carbocycles. The zero-order valence-corrected chi connectivity index (χ0v) is 12.2. The summed E-state index contributed by atoms with van der Waals surface area (Å²) in [6.45, 7) is 4.67. The third-order valence-electron chi connectivity index (χ3n) is 2.99. The van der Waals surface area contributed by atoms with Gasteiger partial charge >= 0.3 is 0 Å². The number of aromatic nitrogens is 1. The van der Waals surface area contributed by atoms with Crippen LogP contribution in [0.5, 0.6) is 0 Å². The number of sulfonamides is 1. The molecule has 0 bridgehead atoms. The molecule has 1 saturated heterocycles. The maximum Gasteiger partial charge on any atom is 0.214 e. The molecule has 0 spiro atoms. The standard InChI is InChI=1S/C11H18N2O3S2/c1-8-5-11(3-4-16-8)18(14,15)13-7-10-6-12-9(2)17-10/h6,8,11,13H,3-5,7H2,1-2H3/t8-,11+/m0/s1. The lowest BCUT2D eigenvalue weighted by molar-refractivity contribution is 0.0299. The maximum atomic E-state index is 12.1. The van der Waals surface area contributed by atoms with E-state index >= 15 is 0 Å². The topological polar surface area (TPSA) is 68.3 Å². The Morgan fingerprint density at radius 1 is 1.61 bits per heavy atom. The van der Waals surface area contributed by atoms with Crippen molar-refractivity contribution < 1.29 is 13.2 Å². The number of hydrogen-bond acceptors (Lipinski definition) is 5. The second-order valence-corrected chi connectivity index (χ2v) is 7.90. The van der Waals surface area contributed by atoms with E-state index in [1.165, 1.54) is 11.3 Å². The van der Waals surface area contributed by atoms with E-state index in [1.54, 1.807) is 6.20 Å². The number of ether oxygens (including phenoxy) is 1. The summed E-state index contributed by atoms with van der Waals surface area (Å²) >= 11 is 1.51. The van der Waals surface area contributed by atoms with Crippen LogP contribution in [-0.4, -0.2) is 31.4 Å². The van der Waals surface area contributed by atoms with Crippen molar-refractivity contribution in [2.45, 2.75) is 44.6 Å². The summed E-state index contributed by atoms with van der Waals surface area (Å²) in [7, 11) is -3.26. The van der Waals surface area contributed by atoms with Crippen LogP contribution in [0, 0.1) is 6.92 Å². The van der Waals surface area contributed by atoms with Gasteiger partial charge in [-0.3, -0.25) is 0 Å². The molecule has 0 unspecified atom stereocenters. The monoisotopic (exact) mass is 290 g/mol. The summed E-state index contributed by atoms with van der Waals surface area (Å²) in [5, 5.41) is 0.610. The van der Waals surface area contributed by atoms with Gasteiger partial charge in [-0.15, -0.1) is 11.3 Å². The Morgan fingerprint density at radius 3 is 3.00 bits per heavy atom. The largest absolute Gasteiger partial charge is 0.378 e. The van der Waals surface area contributed by atoms with Gasteiger partial charge in [-0.25, -0.2) is 18.1 Å². The molecule has 2 atom stereocenters. The molecule has 1 fully saturated rings. The molecule has 0 saturated carbocycles. The molecule has 1 N–H and O–H groups in total. The first-order valence-corrected chi connectivity index (χ1v) is 8.35. The van der Waals surface area contributed by atoms with E-state index in [4.69, 9.17) is 4.74 Å². The van der Waals surface area contributed by atoms with Crippen molar-refractivity contribution in [3.05, 3.63) is 16.1 Å². The summed E-state index contributed by atoms with van der Waals surface area (Å²) in [6.07, 6.45) is 2.87. The average Bonchev–Trinajstić information content (AvgIpc) is 2.73. The van der Waals surface area contributed by atoms with Gasteiger partial charge in [-0.1, -0.05) is 0 Å². The molecule has 1 aromatic heterocycles. The smallest absolute Gasteiger partial charge is 0.214 e. The minimum absolute atomic E-state index is 0.0194. The van der Waals surface area contributed by atoms with Crippen LogP contribution >= 0.6 is 11.3 Å². The average molecular weight is 290 g/mol. The molecule has 2 rings (SSSR count). The number of hydrogen-bond donors (Lipinski definition) is 1. The second-order valence-electron chi connectivity index (χ2n) is 4.54. The van der Waals surface area contributed by atoms with Gasteiger partial charge in [0.05, 0.1) is 16.4 Å². The number of nitrogens with one attached hydrogen (secondary N) is 1. The molecule has 102 valence electrons. The number of rotatable bonds is 4. The van der Waals surface area contributed by atoms with Crippen molar-refractivity contribution in [2.24, 2.45) is 0 Å². The van der Waals surface area contributed by atoms with E-state index < -0.39 is 10.0 Å². The van der Waals surface area contributed by atoms with Crippen molar-refractivity contribution >= 4 is 21.4 Å². The summed E-state index contributed by atoms with van der Waals surface area (Å²) in [4.78, 5) is 5.05. The first-order valence-electron chi connectivity index (χ1n) is 5.99. The van der Waals surface area contributed by atoms with Gasteiger partial charge in [-0.05, 0) is 26.7 Å². The van der Waals surface area contributed by atoms with Gasteiger partial charge in [-0.2, -0.15) is 0 Å². The van der Waals surface area contributed by atoms with Gasteiger partial charge in [0, 0.05) is 24.2 Å². The molecule has 2 heterocycles. The van der Waals surface area contributed by atoms with Crippen LogP contribution in [0.3, 0.4) is 0 Å². The third-order valence-corrected chi connectivity index (χ3v) is 5.76. The molecule has 5 nitrogen and oxygen atoms in total. The van der Waals surface area contributed by atoms with E-state index in [2.05, 4.69) is 9.71 Å². The molecule has 0 radical (unpaired) electrons. The van der Waals surface area contributed by atoms with E-state index in [-0.39, 0.29) is 11.4 Å². The fourth-order valence-corrected chi connectivity index (χ4v) is 4.36. The Morgan fingerprint density at radius 2 is 2.39 bits per heavy atom. The lowest BCUT2D eigenvalue weighted by Gasteiger charge is -2.27. The van der Waals surface area contributed by atoms with E-state index in [1.807, 2.05) is 13.8 Å². The molecule has 0 amide bonds. The Balaban J connectivity index is 1.94. The van der Waals surface area contributed by atoms with Crippen LogP contribution in [0.1, 0.15) is 29.7 Å². The minimum atomic E-state index is -3.26. The molecular weight excluding hydrogens is 272 g/mol. The Kier molecular flexibility index (Phi) is 4.37. The highest BCUT2D eigenvalue weighted by atomic mass is 32.2.